The van der Waals surface area contributed by atoms with Gasteiger partial charge in [-0.3, -0.25) is 4.55 Å². The number of benzene rings is 2. The zero-order chi connectivity index (χ0) is 17.0. The Morgan fingerprint density at radius 2 is 1.62 bits per heavy atom. The molecule has 1 aliphatic heterocycles. The third-order valence-electron chi connectivity index (χ3n) is 4.69. The van der Waals surface area contributed by atoms with E-state index in [0.29, 0.717) is 0 Å². The van der Waals surface area contributed by atoms with Crippen LogP contribution in [0.25, 0.3) is 0 Å². The third kappa shape index (κ3) is 4.23. The number of nitrogens with zero attached hydrogens (tertiary/aromatic N) is 1. The highest BCUT2D eigenvalue weighted by Crippen LogP contribution is 2.30. The van der Waals surface area contributed by atoms with Gasteiger partial charge in [-0.25, -0.2) is 0 Å². The molecule has 128 valence electrons. The van der Waals surface area contributed by atoms with E-state index in [-0.39, 0.29) is 10.8 Å². The maximum Gasteiger partial charge on any atom is 0.294 e. The van der Waals surface area contributed by atoms with Crippen molar-refractivity contribution in [1.29, 1.82) is 0 Å². The van der Waals surface area contributed by atoms with Gasteiger partial charge in [-0.05, 0) is 62.2 Å². The van der Waals surface area contributed by atoms with Crippen LogP contribution in [-0.4, -0.2) is 37.5 Å². The summed E-state index contributed by atoms with van der Waals surface area (Å²) in [5.74, 6) is 0.119. The van der Waals surface area contributed by atoms with Crippen molar-refractivity contribution in [1.82, 2.24) is 4.90 Å². The quantitative estimate of drug-likeness (QED) is 0.814. The molecule has 1 fully saturated rings. The highest BCUT2D eigenvalue weighted by atomic mass is 32.2. The Bertz CT molecular complexity index is 768. The minimum absolute atomic E-state index is 0.0397. The largest absolute Gasteiger partial charge is 0.303 e. The highest BCUT2D eigenvalue weighted by Gasteiger charge is 2.19. The van der Waals surface area contributed by atoms with Crippen LogP contribution in [0.4, 0.5) is 0 Å². The molecule has 5 heteroatoms. The normalized spacial score (nSPS) is 17.0. The fourth-order valence-corrected chi connectivity index (χ4v) is 3.96. The lowest BCUT2D eigenvalue weighted by Crippen LogP contribution is -2.22. The summed E-state index contributed by atoms with van der Waals surface area (Å²) in [4.78, 5) is 2.42. The number of hydrogen-bond acceptors (Lipinski definition) is 3. The van der Waals surface area contributed by atoms with Crippen LogP contribution in [0.15, 0.2) is 59.5 Å². The Morgan fingerprint density at radius 3 is 2.29 bits per heavy atom. The summed E-state index contributed by atoms with van der Waals surface area (Å²) in [6.07, 6.45) is 3.45. The van der Waals surface area contributed by atoms with E-state index in [9.17, 15) is 13.0 Å². The van der Waals surface area contributed by atoms with Gasteiger partial charge in [-0.15, -0.1) is 0 Å². The Labute approximate surface area is 143 Å². The summed E-state index contributed by atoms with van der Waals surface area (Å²) in [7, 11) is -4.18. The van der Waals surface area contributed by atoms with Gasteiger partial charge in [-0.2, -0.15) is 8.42 Å². The Balaban J connectivity index is 1.89. The van der Waals surface area contributed by atoms with Crippen molar-refractivity contribution < 1.29 is 13.0 Å². The zero-order valence-electron chi connectivity index (χ0n) is 13.6. The van der Waals surface area contributed by atoms with Crippen molar-refractivity contribution in [3.63, 3.8) is 0 Å². The van der Waals surface area contributed by atoms with E-state index < -0.39 is 10.1 Å². The van der Waals surface area contributed by atoms with Crippen LogP contribution in [0.1, 0.15) is 36.3 Å². The van der Waals surface area contributed by atoms with Gasteiger partial charge in [0.25, 0.3) is 10.1 Å². The van der Waals surface area contributed by atoms with Crippen molar-refractivity contribution >= 4 is 10.1 Å². The molecule has 1 N–H and O–H groups in total. The molecule has 1 heterocycles. The fraction of sp³-hybridized carbons (Fsp3) is 0.368. The molecule has 0 aliphatic carbocycles. The minimum Gasteiger partial charge on any atom is -0.303 e. The second-order valence-corrected chi connectivity index (χ2v) is 7.77. The van der Waals surface area contributed by atoms with Gasteiger partial charge in [-0.1, -0.05) is 42.5 Å². The van der Waals surface area contributed by atoms with Crippen LogP contribution in [0.5, 0.6) is 0 Å². The van der Waals surface area contributed by atoms with Gasteiger partial charge >= 0.3 is 0 Å². The van der Waals surface area contributed by atoms with Gasteiger partial charge in [0.1, 0.15) is 0 Å². The lowest BCUT2D eigenvalue weighted by Gasteiger charge is -2.22. The fourth-order valence-electron chi connectivity index (χ4n) is 3.42. The molecule has 4 nitrogen and oxygen atoms in total. The van der Waals surface area contributed by atoms with Crippen LogP contribution in [0.3, 0.4) is 0 Å². The lowest BCUT2D eigenvalue weighted by molar-refractivity contribution is 0.327. The van der Waals surface area contributed by atoms with Crippen molar-refractivity contribution in [2.45, 2.75) is 30.1 Å². The summed E-state index contributed by atoms with van der Waals surface area (Å²) in [6, 6.07) is 16.8. The molecule has 0 bridgehead atoms. The Hall–Kier alpha value is -1.69. The van der Waals surface area contributed by atoms with E-state index >= 15 is 0 Å². The third-order valence-corrected chi connectivity index (χ3v) is 5.54. The van der Waals surface area contributed by atoms with Gasteiger partial charge in [0.05, 0.1) is 4.90 Å². The van der Waals surface area contributed by atoms with E-state index in [1.807, 2.05) is 24.3 Å². The zero-order valence-corrected chi connectivity index (χ0v) is 14.5. The number of hydrogen-bond donors (Lipinski definition) is 1. The summed E-state index contributed by atoms with van der Waals surface area (Å²) >= 11 is 0. The molecule has 1 aliphatic rings. The van der Waals surface area contributed by atoms with E-state index in [1.165, 1.54) is 24.5 Å². The maximum absolute atomic E-state index is 11.5. The molecule has 3 rings (SSSR count). The molecule has 1 unspecified atom stereocenters. The topological polar surface area (TPSA) is 57.6 Å². The van der Waals surface area contributed by atoms with Crippen molar-refractivity contribution in [3.05, 3.63) is 65.7 Å². The average Bonchev–Trinajstić information content (AvgIpc) is 3.09. The first kappa shape index (κ1) is 17.1. The maximum atomic E-state index is 11.5. The van der Waals surface area contributed by atoms with Gasteiger partial charge in [0.2, 0.25) is 0 Å². The SMILES string of the molecule is O=S(=O)(O)c1cccc(C(CCN2CCCC2)c2ccccc2)c1. The van der Waals surface area contributed by atoms with E-state index in [4.69, 9.17) is 0 Å². The molecular formula is C19H23NO3S. The second kappa shape index (κ2) is 7.47. The van der Waals surface area contributed by atoms with Gasteiger partial charge in [0.15, 0.2) is 0 Å². The first-order valence-corrected chi connectivity index (χ1v) is 9.83. The molecule has 24 heavy (non-hydrogen) atoms. The average molecular weight is 345 g/mol. The molecule has 0 radical (unpaired) electrons. The van der Waals surface area contributed by atoms with Gasteiger partial charge < -0.3 is 4.90 Å². The van der Waals surface area contributed by atoms with Crippen LogP contribution >= 0.6 is 0 Å². The smallest absolute Gasteiger partial charge is 0.294 e. The monoisotopic (exact) mass is 345 g/mol. The predicted octanol–water partition coefficient (Wildman–Crippen LogP) is 3.55. The molecule has 0 saturated carbocycles. The van der Waals surface area contributed by atoms with E-state index in [1.54, 1.807) is 12.1 Å². The summed E-state index contributed by atoms with van der Waals surface area (Å²) < 4.78 is 32.2. The van der Waals surface area contributed by atoms with Crippen molar-refractivity contribution in [3.8, 4) is 0 Å². The number of likely N-dealkylation sites (tertiary alicyclic amines) is 1. The van der Waals surface area contributed by atoms with E-state index in [2.05, 4.69) is 17.0 Å². The Morgan fingerprint density at radius 1 is 0.958 bits per heavy atom. The van der Waals surface area contributed by atoms with Crippen LogP contribution in [0, 0.1) is 0 Å². The second-order valence-electron chi connectivity index (χ2n) is 6.35. The molecule has 2 aromatic carbocycles. The van der Waals surface area contributed by atoms with Crippen LogP contribution < -0.4 is 0 Å². The minimum atomic E-state index is -4.18. The highest BCUT2D eigenvalue weighted by molar-refractivity contribution is 7.85. The van der Waals surface area contributed by atoms with Gasteiger partial charge in [0, 0.05) is 5.92 Å². The first-order chi connectivity index (χ1) is 11.5. The molecular weight excluding hydrogens is 322 g/mol. The first-order valence-electron chi connectivity index (χ1n) is 8.39. The standard InChI is InChI=1S/C19H23NO3S/c21-24(22,23)18-10-6-9-17(15-18)19(16-7-2-1-3-8-16)11-14-20-12-4-5-13-20/h1-3,6-10,15,19H,4-5,11-14H2,(H,21,22,23). The molecule has 1 atom stereocenters. The molecule has 2 aromatic rings. The van der Waals surface area contributed by atoms with Crippen molar-refractivity contribution in [2.24, 2.45) is 0 Å². The van der Waals surface area contributed by atoms with Crippen molar-refractivity contribution in [2.75, 3.05) is 19.6 Å². The predicted molar refractivity (Wildman–Crippen MR) is 94.8 cm³/mol. The Kier molecular flexibility index (Phi) is 5.33. The summed E-state index contributed by atoms with van der Waals surface area (Å²) in [5, 5.41) is 0. The lowest BCUT2D eigenvalue weighted by atomic mass is 9.88. The molecule has 0 spiro atoms. The van der Waals surface area contributed by atoms with Crippen LogP contribution in [0.2, 0.25) is 0 Å². The molecule has 1 saturated heterocycles. The number of rotatable bonds is 6. The van der Waals surface area contributed by atoms with Crippen LogP contribution in [-0.2, 0) is 10.1 Å². The summed E-state index contributed by atoms with van der Waals surface area (Å²) in [6.45, 7) is 3.29. The van der Waals surface area contributed by atoms with E-state index in [0.717, 1.165) is 31.6 Å². The summed E-state index contributed by atoms with van der Waals surface area (Å²) in [5.41, 5.74) is 2.10. The molecule has 0 amide bonds. The molecule has 0 aromatic heterocycles.